The zero-order valence-corrected chi connectivity index (χ0v) is 21.0. The minimum atomic E-state index is -0.737. The van der Waals surface area contributed by atoms with Crippen molar-refractivity contribution in [3.05, 3.63) is 119 Å². The normalized spacial score (nSPS) is 21.8. The Morgan fingerprint density at radius 2 is 1.40 bits per heavy atom. The van der Waals surface area contributed by atoms with Gasteiger partial charge in [0.15, 0.2) is 6.23 Å². The van der Waals surface area contributed by atoms with E-state index in [1.165, 1.54) is 0 Å². The molecule has 0 aliphatic carbocycles. The summed E-state index contributed by atoms with van der Waals surface area (Å²) in [4.78, 5) is 4.58. The number of nitrogens with one attached hydrogen (secondary N) is 1. The monoisotopic (exact) mass is 530 g/mol. The highest BCUT2D eigenvalue weighted by Gasteiger charge is 2.42. The Labute approximate surface area is 229 Å². The van der Waals surface area contributed by atoms with Crippen LogP contribution in [0.25, 0.3) is 0 Å². The van der Waals surface area contributed by atoms with Gasteiger partial charge in [-0.3, -0.25) is 0 Å². The zero-order chi connectivity index (χ0) is 26.6. The molecule has 1 unspecified atom stereocenters. The first-order chi connectivity index (χ1) is 19.7. The molecule has 40 heavy (non-hydrogen) atoms. The Morgan fingerprint density at radius 1 is 0.725 bits per heavy atom. The Kier molecular flexibility index (Phi) is 5.01. The van der Waals surface area contributed by atoms with Crippen molar-refractivity contribution in [3.63, 3.8) is 0 Å². The van der Waals surface area contributed by atoms with Crippen LogP contribution in [0.2, 0.25) is 0 Å². The second-order valence-corrected chi connectivity index (χ2v) is 9.49. The van der Waals surface area contributed by atoms with E-state index in [-0.39, 0.29) is 5.75 Å². The van der Waals surface area contributed by atoms with E-state index >= 15 is 0 Å². The molecule has 0 spiro atoms. The summed E-state index contributed by atoms with van der Waals surface area (Å²) in [6, 6.07) is 30.4. The van der Waals surface area contributed by atoms with Gasteiger partial charge in [-0.1, -0.05) is 48.5 Å². The van der Waals surface area contributed by atoms with Gasteiger partial charge in [-0.25, -0.2) is 20.3 Å². The number of benzene rings is 4. The van der Waals surface area contributed by atoms with E-state index in [0.717, 1.165) is 22.4 Å². The van der Waals surface area contributed by atoms with E-state index in [1.807, 2.05) is 84.9 Å². The minimum absolute atomic E-state index is 0.0837. The largest absolute Gasteiger partial charge is 0.507 e. The molecule has 0 amide bonds. The third kappa shape index (κ3) is 3.57. The Balaban J connectivity index is 1.12. The maximum atomic E-state index is 10.9. The van der Waals surface area contributed by atoms with Crippen molar-refractivity contribution in [2.45, 2.75) is 18.9 Å². The van der Waals surface area contributed by atoms with E-state index in [9.17, 15) is 5.11 Å². The third-order valence-corrected chi connectivity index (χ3v) is 7.04. The molecule has 0 fully saturated rings. The molecular weight excluding hydrogens is 508 g/mol. The smallest absolute Gasteiger partial charge is 0.291 e. The van der Waals surface area contributed by atoms with Crippen molar-refractivity contribution in [2.24, 2.45) is 15.2 Å². The molecular formula is C30H22N6O4. The summed E-state index contributed by atoms with van der Waals surface area (Å²) in [6.45, 7) is 0. The first-order valence-electron chi connectivity index (χ1n) is 12.8. The number of phenolic OH excluding ortho intramolecular Hbond substituents is 1. The summed E-state index contributed by atoms with van der Waals surface area (Å²) in [5.41, 5.74) is 4.50. The number of hydrogen-bond acceptors (Lipinski definition) is 10. The summed E-state index contributed by atoms with van der Waals surface area (Å²) in [7, 11) is 0. The molecule has 10 nitrogen and oxygen atoms in total. The summed E-state index contributed by atoms with van der Waals surface area (Å²) in [5.74, 6) is 1.62. The molecule has 0 aromatic heterocycles. The zero-order valence-electron chi connectivity index (χ0n) is 21.0. The summed E-state index contributed by atoms with van der Waals surface area (Å²) < 4.78 is 18.7. The van der Waals surface area contributed by atoms with Gasteiger partial charge in [0, 0.05) is 17.3 Å². The molecule has 10 heteroatoms. The van der Waals surface area contributed by atoms with Crippen LogP contribution in [0.1, 0.15) is 28.5 Å². The van der Waals surface area contributed by atoms with Crippen LogP contribution >= 0.6 is 0 Å². The molecule has 0 bridgehead atoms. The summed E-state index contributed by atoms with van der Waals surface area (Å²) in [6.07, 6.45) is -0.223. The minimum Gasteiger partial charge on any atom is -0.507 e. The standard InChI is InChI=1S/C30H22N6O4/c37-23-15-7-14-22-25(23)28(32-30-36(22)34-27(40-30)19-11-5-2-6-12-19)38-24-16-8-13-21-20(24)17-31-29-35(21)33-26(39-29)18-9-3-1-4-10-18/h1-17,28-30,32,37H/t28?,29-,30+/m0/s1. The lowest BCUT2D eigenvalue weighted by molar-refractivity contribution is 0.0637. The maximum absolute atomic E-state index is 10.9. The summed E-state index contributed by atoms with van der Waals surface area (Å²) in [5, 5.41) is 27.1. The number of phenols is 1. The third-order valence-electron chi connectivity index (χ3n) is 7.04. The second kappa shape index (κ2) is 8.85. The molecule has 4 aromatic rings. The predicted molar refractivity (Wildman–Crippen MR) is 149 cm³/mol. The molecule has 2 N–H and O–H groups in total. The highest BCUT2D eigenvalue weighted by Crippen LogP contribution is 2.43. The van der Waals surface area contributed by atoms with E-state index in [0.29, 0.717) is 28.8 Å². The molecule has 0 saturated heterocycles. The van der Waals surface area contributed by atoms with Crippen molar-refractivity contribution < 1.29 is 19.3 Å². The fourth-order valence-electron chi connectivity index (χ4n) is 5.16. The predicted octanol–water partition coefficient (Wildman–Crippen LogP) is 4.47. The average molecular weight is 531 g/mol. The molecule has 4 aliphatic heterocycles. The highest BCUT2D eigenvalue weighted by atomic mass is 16.6. The van der Waals surface area contributed by atoms with Gasteiger partial charge in [0.2, 0.25) is 11.8 Å². The van der Waals surface area contributed by atoms with Crippen molar-refractivity contribution in [3.8, 4) is 11.5 Å². The van der Waals surface area contributed by atoms with Crippen LogP contribution < -0.4 is 20.1 Å². The molecule has 0 saturated carbocycles. The fraction of sp³-hybridized carbons (Fsp3) is 0.100. The number of fused-ring (bicyclic) bond motifs is 6. The van der Waals surface area contributed by atoms with Gasteiger partial charge in [-0.15, -0.1) is 10.2 Å². The number of nitrogens with zero attached hydrogens (tertiary/aromatic N) is 5. The van der Waals surface area contributed by atoms with Gasteiger partial charge < -0.3 is 19.3 Å². The number of hydrogen-bond donors (Lipinski definition) is 2. The van der Waals surface area contributed by atoms with Crippen molar-refractivity contribution in [1.82, 2.24) is 5.32 Å². The number of rotatable bonds is 4. The Bertz CT molecular complexity index is 1710. The van der Waals surface area contributed by atoms with E-state index in [1.54, 1.807) is 28.4 Å². The second-order valence-electron chi connectivity index (χ2n) is 9.49. The number of hydrazone groups is 2. The molecule has 196 valence electrons. The van der Waals surface area contributed by atoms with Crippen LogP contribution in [-0.2, 0) is 9.47 Å². The Morgan fingerprint density at radius 3 is 2.17 bits per heavy atom. The van der Waals surface area contributed by atoms with Crippen LogP contribution in [0.15, 0.2) is 112 Å². The fourth-order valence-corrected chi connectivity index (χ4v) is 5.16. The Hall–Kier alpha value is -5.35. The SMILES string of the molecule is Oc1cccc2c1C(Oc1cccc3c1C=N[C@@H]1OC(c4ccccc4)=NN31)N[C@H]1OC(c3ccccc3)=NN21. The average Bonchev–Trinajstić information content (AvgIpc) is 3.64. The molecule has 4 aromatic carbocycles. The lowest BCUT2D eigenvalue weighted by Crippen LogP contribution is -2.49. The molecule has 8 rings (SSSR count). The maximum Gasteiger partial charge on any atom is 0.291 e. The number of aromatic hydroxyl groups is 1. The van der Waals surface area contributed by atoms with Crippen LogP contribution in [0.5, 0.6) is 11.5 Å². The molecule has 3 atom stereocenters. The van der Waals surface area contributed by atoms with Crippen LogP contribution in [0.4, 0.5) is 11.4 Å². The lowest BCUT2D eigenvalue weighted by atomic mass is 10.1. The molecule has 4 aliphatic rings. The van der Waals surface area contributed by atoms with E-state index in [4.69, 9.17) is 19.3 Å². The van der Waals surface area contributed by atoms with Crippen LogP contribution in [0.3, 0.4) is 0 Å². The van der Waals surface area contributed by atoms with E-state index in [2.05, 4.69) is 15.4 Å². The quantitative estimate of drug-likeness (QED) is 0.401. The first kappa shape index (κ1) is 22.6. The van der Waals surface area contributed by atoms with E-state index < -0.39 is 18.9 Å². The van der Waals surface area contributed by atoms with Gasteiger partial charge >= 0.3 is 0 Å². The summed E-state index contributed by atoms with van der Waals surface area (Å²) >= 11 is 0. The van der Waals surface area contributed by atoms with Crippen molar-refractivity contribution in [2.75, 3.05) is 10.0 Å². The topological polar surface area (TPSA) is 104 Å². The van der Waals surface area contributed by atoms with Crippen LogP contribution in [0, 0.1) is 0 Å². The number of anilines is 2. The first-order valence-corrected chi connectivity index (χ1v) is 12.8. The van der Waals surface area contributed by atoms with Gasteiger partial charge in [-0.2, -0.15) is 0 Å². The number of ether oxygens (including phenoxy) is 3. The van der Waals surface area contributed by atoms with Crippen molar-refractivity contribution >= 4 is 29.4 Å². The van der Waals surface area contributed by atoms with Gasteiger partial charge in [0.05, 0.1) is 22.5 Å². The number of aliphatic imine (C=N–C) groups is 1. The van der Waals surface area contributed by atoms with Crippen molar-refractivity contribution in [1.29, 1.82) is 0 Å². The van der Waals surface area contributed by atoms with Gasteiger partial charge in [0.1, 0.15) is 11.5 Å². The van der Waals surface area contributed by atoms with Gasteiger partial charge in [-0.05, 0) is 48.5 Å². The van der Waals surface area contributed by atoms with Crippen LogP contribution in [-0.4, -0.2) is 35.8 Å². The molecule has 4 heterocycles. The lowest BCUT2D eigenvalue weighted by Gasteiger charge is -2.36. The highest BCUT2D eigenvalue weighted by molar-refractivity contribution is 5.99. The molecule has 0 radical (unpaired) electrons. The van der Waals surface area contributed by atoms with Gasteiger partial charge in [0.25, 0.3) is 12.7 Å².